The number of hydrogen-bond acceptors (Lipinski definition) is 4. The quantitative estimate of drug-likeness (QED) is 0.718. The minimum Gasteiger partial charge on any atom is -0.351 e. The Balaban J connectivity index is 2.11. The van der Waals surface area contributed by atoms with Crippen LogP contribution in [0.2, 0.25) is 0 Å². The van der Waals surface area contributed by atoms with Gasteiger partial charge >= 0.3 is 6.18 Å². The van der Waals surface area contributed by atoms with Crippen molar-refractivity contribution in [2.75, 3.05) is 13.1 Å². The number of sulfonamides is 1. The van der Waals surface area contributed by atoms with Crippen LogP contribution in [-0.2, 0) is 21.0 Å². The van der Waals surface area contributed by atoms with Crippen LogP contribution in [0, 0.1) is 0 Å². The monoisotopic (exact) mass is 379 g/mol. The number of benzene rings is 1. The molecule has 1 saturated heterocycles. The van der Waals surface area contributed by atoms with E-state index in [1.165, 1.54) is 13.0 Å². The molecule has 1 aromatic carbocycles. The first-order valence-electron chi connectivity index (χ1n) is 7.81. The molecule has 0 spiro atoms. The summed E-state index contributed by atoms with van der Waals surface area (Å²) < 4.78 is 65.6. The van der Waals surface area contributed by atoms with Gasteiger partial charge in [0.2, 0.25) is 15.9 Å². The molecule has 1 aromatic rings. The van der Waals surface area contributed by atoms with Crippen LogP contribution >= 0.6 is 0 Å². The van der Waals surface area contributed by atoms with Gasteiger partial charge in [-0.15, -0.1) is 0 Å². The fraction of sp³-hybridized carbons (Fsp3) is 0.533. The topological polar surface area (TPSA) is 87.3 Å². The summed E-state index contributed by atoms with van der Waals surface area (Å²) >= 11 is 0. The van der Waals surface area contributed by atoms with Gasteiger partial charge in [0.05, 0.1) is 16.5 Å². The number of piperidine rings is 1. The maximum atomic E-state index is 13.0. The molecular formula is C15H20F3N3O3S. The number of nitrogens with one attached hydrogen (secondary N) is 3. The van der Waals surface area contributed by atoms with Crippen LogP contribution in [0.15, 0.2) is 29.2 Å². The third kappa shape index (κ3) is 5.16. The number of rotatable bonds is 5. The fourth-order valence-corrected chi connectivity index (χ4v) is 4.02. The second-order valence-electron chi connectivity index (χ2n) is 5.89. The van der Waals surface area contributed by atoms with E-state index in [9.17, 15) is 26.4 Å². The molecule has 1 aliphatic rings. The van der Waals surface area contributed by atoms with E-state index in [0.717, 1.165) is 31.5 Å². The number of hydrogen-bond donors (Lipinski definition) is 3. The molecule has 6 nitrogen and oxygen atoms in total. The molecule has 140 valence electrons. The highest BCUT2D eigenvalue weighted by molar-refractivity contribution is 7.89. The minimum absolute atomic E-state index is 0.129. The highest BCUT2D eigenvalue weighted by atomic mass is 32.2. The highest BCUT2D eigenvalue weighted by Crippen LogP contribution is 2.33. The fourth-order valence-electron chi connectivity index (χ4n) is 2.59. The molecule has 3 N–H and O–H groups in total. The van der Waals surface area contributed by atoms with Gasteiger partial charge < -0.3 is 10.6 Å². The van der Waals surface area contributed by atoms with Gasteiger partial charge in [-0.25, -0.2) is 8.42 Å². The molecule has 1 aliphatic heterocycles. The molecule has 10 heteroatoms. The molecule has 1 fully saturated rings. The molecule has 0 saturated carbocycles. The Morgan fingerprint density at radius 1 is 1.32 bits per heavy atom. The Bertz CT molecular complexity index is 716. The van der Waals surface area contributed by atoms with E-state index >= 15 is 0 Å². The minimum atomic E-state index is -4.81. The van der Waals surface area contributed by atoms with Crippen molar-refractivity contribution in [2.24, 2.45) is 0 Å². The third-order valence-electron chi connectivity index (χ3n) is 3.85. The first-order valence-corrected chi connectivity index (χ1v) is 9.29. The van der Waals surface area contributed by atoms with Gasteiger partial charge in [0.25, 0.3) is 0 Å². The molecule has 0 radical (unpaired) electrons. The SMILES string of the molecule is CC(NS(=O)(=O)c1ccccc1C(F)(F)F)C(=O)N[C@H]1CCCNC1. The van der Waals surface area contributed by atoms with Gasteiger partial charge in [-0.05, 0) is 38.4 Å². The van der Waals surface area contributed by atoms with Gasteiger partial charge in [-0.2, -0.15) is 17.9 Å². The molecule has 0 aromatic heterocycles. The summed E-state index contributed by atoms with van der Waals surface area (Å²) in [5.41, 5.74) is -1.27. The maximum Gasteiger partial charge on any atom is 0.417 e. The zero-order valence-corrected chi connectivity index (χ0v) is 14.4. The second kappa shape index (κ2) is 7.71. The zero-order chi connectivity index (χ0) is 18.7. The van der Waals surface area contributed by atoms with Gasteiger partial charge in [0.15, 0.2) is 0 Å². The maximum absolute atomic E-state index is 13.0. The van der Waals surface area contributed by atoms with Crippen molar-refractivity contribution in [3.05, 3.63) is 29.8 Å². The van der Waals surface area contributed by atoms with Gasteiger partial charge in [-0.1, -0.05) is 12.1 Å². The van der Waals surface area contributed by atoms with Crippen LogP contribution in [0.3, 0.4) is 0 Å². The molecule has 2 rings (SSSR count). The molecule has 0 bridgehead atoms. The Kier molecular flexibility index (Phi) is 6.07. The second-order valence-corrected chi connectivity index (χ2v) is 7.57. The third-order valence-corrected chi connectivity index (χ3v) is 5.45. The van der Waals surface area contributed by atoms with Gasteiger partial charge in [0.1, 0.15) is 0 Å². The highest BCUT2D eigenvalue weighted by Gasteiger charge is 2.37. The molecular weight excluding hydrogens is 359 g/mol. The van der Waals surface area contributed by atoms with Crippen LogP contribution in [0.25, 0.3) is 0 Å². The van der Waals surface area contributed by atoms with E-state index in [-0.39, 0.29) is 6.04 Å². The van der Waals surface area contributed by atoms with Crippen molar-refractivity contribution in [3.63, 3.8) is 0 Å². The molecule has 1 unspecified atom stereocenters. The number of carbonyl (C=O) groups is 1. The van der Waals surface area contributed by atoms with Crippen molar-refractivity contribution < 1.29 is 26.4 Å². The number of amides is 1. The average Bonchev–Trinajstić information content (AvgIpc) is 2.54. The van der Waals surface area contributed by atoms with E-state index in [2.05, 4.69) is 10.6 Å². The lowest BCUT2D eigenvalue weighted by Gasteiger charge is -2.25. The number of alkyl halides is 3. The van der Waals surface area contributed by atoms with Gasteiger partial charge in [0, 0.05) is 12.6 Å². The van der Waals surface area contributed by atoms with Crippen LogP contribution in [0.5, 0.6) is 0 Å². The van der Waals surface area contributed by atoms with E-state index in [0.29, 0.717) is 12.6 Å². The smallest absolute Gasteiger partial charge is 0.351 e. The Morgan fingerprint density at radius 3 is 2.60 bits per heavy atom. The van der Waals surface area contributed by atoms with Crippen molar-refractivity contribution in [3.8, 4) is 0 Å². The number of halogens is 3. The summed E-state index contributed by atoms with van der Waals surface area (Å²) in [6.45, 7) is 2.71. The summed E-state index contributed by atoms with van der Waals surface area (Å²) in [6.07, 6.45) is -3.18. The lowest BCUT2D eigenvalue weighted by atomic mass is 10.1. The van der Waals surface area contributed by atoms with Crippen molar-refractivity contribution in [1.29, 1.82) is 0 Å². The largest absolute Gasteiger partial charge is 0.417 e. The standard InChI is InChI=1S/C15H20F3N3O3S/c1-10(14(22)20-11-5-4-8-19-9-11)21-25(23,24)13-7-3-2-6-12(13)15(16,17)18/h2-3,6-7,10-11,19,21H,4-5,8-9H2,1H3,(H,20,22)/t10?,11-/m0/s1. The van der Waals surface area contributed by atoms with Crippen LogP contribution < -0.4 is 15.4 Å². The molecule has 1 amide bonds. The first-order chi connectivity index (χ1) is 11.6. The Morgan fingerprint density at radius 2 is 2.00 bits per heavy atom. The van der Waals surface area contributed by atoms with E-state index in [1.54, 1.807) is 0 Å². The predicted molar refractivity (Wildman–Crippen MR) is 85.3 cm³/mol. The van der Waals surface area contributed by atoms with E-state index in [1.807, 2.05) is 4.72 Å². The van der Waals surface area contributed by atoms with Gasteiger partial charge in [-0.3, -0.25) is 4.79 Å². The summed E-state index contributed by atoms with van der Waals surface area (Å²) in [6, 6.07) is 2.52. The number of carbonyl (C=O) groups excluding carboxylic acids is 1. The van der Waals surface area contributed by atoms with Crippen LogP contribution in [-0.4, -0.2) is 39.5 Å². The Labute approximate surface area is 144 Å². The van der Waals surface area contributed by atoms with E-state index in [4.69, 9.17) is 0 Å². The molecule has 0 aliphatic carbocycles. The lowest BCUT2D eigenvalue weighted by molar-refractivity contribution is -0.139. The summed E-state index contributed by atoms with van der Waals surface area (Å²) in [5, 5.41) is 5.79. The summed E-state index contributed by atoms with van der Waals surface area (Å²) in [4.78, 5) is 11.2. The van der Waals surface area contributed by atoms with Crippen LogP contribution in [0.1, 0.15) is 25.3 Å². The van der Waals surface area contributed by atoms with Crippen molar-refractivity contribution in [1.82, 2.24) is 15.4 Å². The Hall–Kier alpha value is -1.65. The predicted octanol–water partition coefficient (Wildman–Crippen LogP) is 1.24. The van der Waals surface area contributed by atoms with Crippen molar-refractivity contribution >= 4 is 15.9 Å². The summed E-state index contributed by atoms with van der Waals surface area (Å²) in [5.74, 6) is -0.582. The normalized spacial score (nSPS) is 20.1. The average molecular weight is 379 g/mol. The van der Waals surface area contributed by atoms with Crippen molar-refractivity contribution in [2.45, 2.75) is 42.9 Å². The molecule has 1 heterocycles. The first kappa shape index (κ1) is 19.7. The zero-order valence-electron chi connectivity index (χ0n) is 13.6. The summed E-state index contributed by atoms with van der Waals surface area (Å²) in [7, 11) is -4.51. The van der Waals surface area contributed by atoms with E-state index < -0.39 is 38.6 Å². The molecule has 2 atom stereocenters. The molecule has 25 heavy (non-hydrogen) atoms. The lowest BCUT2D eigenvalue weighted by Crippen LogP contribution is -2.52. The van der Waals surface area contributed by atoms with Crippen LogP contribution in [0.4, 0.5) is 13.2 Å².